The molecular weight excluding hydrogens is 521 g/mol. The third-order valence-electron chi connectivity index (χ3n) is 7.88. The standard InChI is InChI=1S/C24H25ClFN7O5/c25-12-7-13-18(31-32-19(13)27-8-12)21-29-20(28-17-11-3-1-10(2-4-11)15(17)24(36)37)16(26)22(30-21)33-5-6-38-14(9-33)23(34)35/h7-8,10-11,14-15,17H,1-6,9H2,(H,34,35)(H,36,37)(H,27,31,32)(H,28,29,30). The third kappa shape index (κ3) is 4.29. The van der Waals surface area contributed by atoms with E-state index in [0.29, 0.717) is 16.1 Å². The van der Waals surface area contributed by atoms with Crippen LogP contribution in [0.5, 0.6) is 0 Å². The van der Waals surface area contributed by atoms with Crippen LogP contribution < -0.4 is 10.2 Å². The zero-order chi connectivity index (χ0) is 26.6. The molecule has 0 spiro atoms. The highest BCUT2D eigenvalue weighted by Gasteiger charge is 2.48. The van der Waals surface area contributed by atoms with Gasteiger partial charge in [0.15, 0.2) is 29.2 Å². The Morgan fingerprint density at radius 2 is 1.92 bits per heavy atom. The molecule has 0 aromatic carbocycles. The number of carboxylic acid groups (broad SMARTS) is 2. The normalized spacial score (nSPS) is 27.0. The van der Waals surface area contributed by atoms with Gasteiger partial charge in [0.05, 0.1) is 29.5 Å². The monoisotopic (exact) mass is 545 g/mol. The average molecular weight is 546 g/mol. The van der Waals surface area contributed by atoms with Gasteiger partial charge >= 0.3 is 11.9 Å². The Bertz CT molecular complexity index is 1410. The van der Waals surface area contributed by atoms with Gasteiger partial charge in [-0.1, -0.05) is 11.6 Å². The number of H-pyrrole nitrogens is 1. The molecule has 0 radical (unpaired) electrons. The zero-order valence-electron chi connectivity index (χ0n) is 20.1. The van der Waals surface area contributed by atoms with Crippen molar-refractivity contribution >= 4 is 46.2 Å². The summed E-state index contributed by atoms with van der Waals surface area (Å²) in [6.07, 6.45) is 3.68. The number of anilines is 2. The Morgan fingerprint density at radius 3 is 2.66 bits per heavy atom. The number of ether oxygens (including phenoxy) is 1. The quantitative estimate of drug-likeness (QED) is 0.359. The van der Waals surface area contributed by atoms with Crippen LogP contribution in [0.4, 0.5) is 16.0 Å². The second kappa shape index (κ2) is 9.62. The molecular formula is C24H25ClFN7O5. The number of aliphatic carboxylic acids is 2. The molecule has 7 rings (SSSR count). The van der Waals surface area contributed by atoms with Crippen LogP contribution in [0.25, 0.3) is 22.6 Å². The van der Waals surface area contributed by atoms with Crippen molar-refractivity contribution in [2.24, 2.45) is 17.8 Å². The predicted molar refractivity (Wildman–Crippen MR) is 133 cm³/mol. The fraction of sp³-hybridized carbons (Fsp3) is 0.500. The van der Waals surface area contributed by atoms with Crippen molar-refractivity contribution < 1.29 is 28.9 Å². The summed E-state index contributed by atoms with van der Waals surface area (Å²) in [5.41, 5.74) is 0.712. The van der Waals surface area contributed by atoms with Crippen molar-refractivity contribution in [3.8, 4) is 11.5 Å². The van der Waals surface area contributed by atoms with Gasteiger partial charge in [0.2, 0.25) is 5.82 Å². The third-order valence-corrected chi connectivity index (χ3v) is 8.08. The number of rotatable bonds is 6. The van der Waals surface area contributed by atoms with E-state index in [2.05, 4.69) is 30.5 Å². The summed E-state index contributed by atoms with van der Waals surface area (Å²) in [6, 6.07) is 1.13. The van der Waals surface area contributed by atoms with Crippen LogP contribution in [0.15, 0.2) is 12.3 Å². The molecule has 4 N–H and O–H groups in total. The Morgan fingerprint density at radius 1 is 1.16 bits per heavy atom. The number of morpholine rings is 1. The van der Waals surface area contributed by atoms with Gasteiger partial charge in [-0.2, -0.15) is 9.49 Å². The number of carboxylic acids is 2. The Hall–Kier alpha value is -3.58. The minimum absolute atomic E-state index is 0.0120. The molecule has 4 heterocycles. The van der Waals surface area contributed by atoms with Crippen LogP contribution in [0.1, 0.15) is 25.7 Å². The number of aromatic amines is 1. The minimum Gasteiger partial charge on any atom is -0.481 e. The highest BCUT2D eigenvalue weighted by molar-refractivity contribution is 6.31. The highest BCUT2D eigenvalue weighted by atomic mass is 35.5. The van der Waals surface area contributed by atoms with Gasteiger partial charge in [-0.05, 0) is 43.6 Å². The molecule has 2 bridgehead atoms. The van der Waals surface area contributed by atoms with Crippen molar-refractivity contribution in [3.63, 3.8) is 0 Å². The van der Waals surface area contributed by atoms with E-state index < -0.39 is 35.8 Å². The maximum atomic E-state index is 16.1. The fourth-order valence-corrected chi connectivity index (χ4v) is 6.21. The molecule has 3 atom stereocenters. The van der Waals surface area contributed by atoms with Gasteiger partial charge in [-0.25, -0.2) is 19.7 Å². The first-order chi connectivity index (χ1) is 18.3. The second-order valence-corrected chi connectivity index (χ2v) is 10.4. The van der Waals surface area contributed by atoms with Crippen molar-refractivity contribution in [2.45, 2.75) is 37.8 Å². The lowest BCUT2D eigenvalue weighted by Gasteiger charge is -2.47. The van der Waals surface area contributed by atoms with E-state index in [1.807, 2.05) is 0 Å². The number of nitrogens with one attached hydrogen (secondary N) is 2. The summed E-state index contributed by atoms with van der Waals surface area (Å²) in [4.78, 5) is 38.4. The first kappa shape index (κ1) is 24.7. The molecule has 3 aromatic rings. The largest absolute Gasteiger partial charge is 0.481 e. The van der Waals surface area contributed by atoms with E-state index >= 15 is 4.39 Å². The molecule has 3 saturated carbocycles. The number of nitrogens with zero attached hydrogens (tertiary/aromatic N) is 5. The molecule has 3 unspecified atom stereocenters. The molecule has 1 aliphatic heterocycles. The van der Waals surface area contributed by atoms with Crippen LogP contribution in [0.3, 0.4) is 0 Å². The van der Waals surface area contributed by atoms with Gasteiger partial charge in [-0.15, -0.1) is 0 Å². The van der Waals surface area contributed by atoms with E-state index in [4.69, 9.17) is 16.3 Å². The average Bonchev–Trinajstić information content (AvgIpc) is 3.33. The van der Waals surface area contributed by atoms with Crippen molar-refractivity contribution in [1.82, 2.24) is 25.1 Å². The maximum Gasteiger partial charge on any atom is 0.334 e. The lowest BCUT2D eigenvalue weighted by Crippen LogP contribution is -2.51. The molecule has 200 valence electrons. The van der Waals surface area contributed by atoms with Crippen LogP contribution in [0.2, 0.25) is 5.02 Å². The molecule has 3 aromatic heterocycles. The van der Waals surface area contributed by atoms with Crippen LogP contribution >= 0.6 is 11.6 Å². The summed E-state index contributed by atoms with van der Waals surface area (Å²) in [6.45, 7) is 0.150. The van der Waals surface area contributed by atoms with Crippen LogP contribution in [-0.4, -0.2) is 79.1 Å². The fourth-order valence-electron chi connectivity index (χ4n) is 6.06. The molecule has 1 saturated heterocycles. The molecule has 4 aliphatic rings. The van der Waals surface area contributed by atoms with Gasteiger partial charge < -0.3 is 25.2 Å². The second-order valence-electron chi connectivity index (χ2n) is 10.0. The number of aromatic nitrogens is 5. The Kier molecular flexibility index (Phi) is 6.26. The number of pyridine rings is 1. The number of hydrogen-bond acceptors (Lipinski definition) is 9. The Balaban J connectivity index is 1.45. The Labute approximate surface area is 220 Å². The van der Waals surface area contributed by atoms with E-state index in [1.165, 1.54) is 11.1 Å². The lowest BCUT2D eigenvalue weighted by atomic mass is 9.61. The smallest absolute Gasteiger partial charge is 0.334 e. The van der Waals surface area contributed by atoms with Gasteiger partial charge in [0, 0.05) is 18.8 Å². The van der Waals surface area contributed by atoms with E-state index in [0.717, 1.165) is 25.7 Å². The van der Waals surface area contributed by atoms with Crippen molar-refractivity contribution in [2.75, 3.05) is 29.9 Å². The lowest BCUT2D eigenvalue weighted by molar-refractivity contribution is -0.151. The van der Waals surface area contributed by atoms with Gasteiger partial charge in [0.1, 0.15) is 5.69 Å². The van der Waals surface area contributed by atoms with E-state index in [9.17, 15) is 19.8 Å². The first-order valence-electron chi connectivity index (χ1n) is 12.5. The molecule has 4 fully saturated rings. The van der Waals surface area contributed by atoms with E-state index in [-0.39, 0.29) is 54.7 Å². The van der Waals surface area contributed by atoms with Crippen molar-refractivity contribution in [3.05, 3.63) is 23.1 Å². The number of halogens is 2. The SMILES string of the molecule is O=C(O)C1CN(c2nc(-c3n[nH]c4ncc(Cl)cc34)nc(NC3C4CCC(CC4)C3C(=O)O)c2F)CCO1. The molecule has 38 heavy (non-hydrogen) atoms. The summed E-state index contributed by atoms with van der Waals surface area (Å²) < 4.78 is 21.4. The topological polar surface area (TPSA) is 166 Å². The number of carbonyl (C=O) groups is 2. The predicted octanol–water partition coefficient (Wildman–Crippen LogP) is 2.80. The summed E-state index contributed by atoms with van der Waals surface area (Å²) >= 11 is 6.15. The zero-order valence-corrected chi connectivity index (χ0v) is 20.9. The molecule has 3 aliphatic carbocycles. The van der Waals surface area contributed by atoms with Gasteiger partial charge in [0.25, 0.3) is 0 Å². The van der Waals surface area contributed by atoms with Crippen LogP contribution in [-0.2, 0) is 14.3 Å². The summed E-state index contributed by atoms with van der Waals surface area (Å²) in [5, 5.41) is 30.5. The molecule has 0 amide bonds. The molecule has 12 nitrogen and oxygen atoms in total. The first-order valence-corrected chi connectivity index (χ1v) is 12.8. The number of fused-ring (bicyclic) bond motifs is 4. The highest BCUT2D eigenvalue weighted by Crippen LogP contribution is 2.46. The summed E-state index contributed by atoms with van der Waals surface area (Å²) in [7, 11) is 0. The van der Waals surface area contributed by atoms with Gasteiger partial charge in [-0.3, -0.25) is 9.89 Å². The number of hydrogen-bond donors (Lipinski definition) is 4. The minimum atomic E-state index is -1.16. The van der Waals surface area contributed by atoms with Crippen molar-refractivity contribution in [1.29, 1.82) is 0 Å². The maximum absolute atomic E-state index is 16.1. The summed E-state index contributed by atoms with van der Waals surface area (Å²) in [5.74, 6) is -3.67. The molecule has 14 heteroatoms. The van der Waals surface area contributed by atoms with Crippen LogP contribution in [0, 0.1) is 23.6 Å². The van der Waals surface area contributed by atoms with E-state index in [1.54, 1.807) is 6.07 Å².